The van der Waals surface area contributed by atoms with Crippen LogP contribution in [0.5, 0.6) is 0 Å². The summed E-state index contributed by atoms with van der Waals surface area (Å²) in [7, 11) is -1.83. The maximum atomic E-state index is 13.2. The van der Waals surface area contributed by atoms with E-state index in [0.717, 1.165) is 11.5 Å². The average Bonchev–Trinajstić information content (AvgIpc) is 3.01. The second-order valence-electron chi connectivity index (χ2n) is 8.16. The third-order valence-electron chi connectivity index (χ3n) is 5.75. The molecule has 10 heteroatoms. The van der Waals surface area contributed by atoms with Crippen molar-refractivity contribution in [3.8, 4) is 0 Å². The molecule has 1 N–H and O–H groups in total. The minimum absolute atomic E-state index is 0.316. The second-order valence-corrected chi connectivity index (χ2v) is 10.0. The van der Waals surface area contributed by atoms with Gasteiger partial charge in [0.2, 0.25) is 10.0 Å². The number of hydrogen-bond acceptors (Lipinski definition) is 7. The van der Waals surface area contributed by atoms with Crippen LogP contribution in [-0.2, 0) is 17.1 Å². The molecule has 3 heterocycles. The number of benzene rings is 1. The van der Waals surface area contributed by atoms with E-state index in [1.165, 1.54) is 5.56 Å². The highest BCUT2D eigenvalue weighted by Gasteiger charge is 2.33. The number of piperazine rings is 1. The molecular formula is C22H29N7O2S. The quantitative estimate of drug-likeness (QED) is 0.632. The fourth-order valence-corrected chi connectivity index (χ4v) is 5.80. The first-order valence-electron chi connectivity index (χ1n) is 10.6. The Balaban J connectivity index is 1.49. The number of anilines is 3. The normalized spacial score (nSPS) is 15.2. The first-order chi connectivity index (χ1) is 15.1. The standard InChI is InChI=1S/C22H29N7O2S/c1-15-6-8-19(9-7-15)25-20-14-21(24-18(4)23-20)28-10-12-29(13-11-28)32(30,31)22-16(2)26-27(5)17(22)3/h6-9,14H,10-13H2,1-5H3,(H,23,24,25). The van der Waals surface area contributed by atoms with Crippen LogP contribution < -0.4 is 10.2 Å². The smallest absolute Gasteiger partial charge is 0.246 e. The van der Waals surface area contributed by atoms with E-state index >= 15 is 0 Å². The van der Waals surface area contributed by atoms with Gasteiger partial charge in [-0.05, 0) is 39.8 Å². The van der Waals surface area contributed by atoms with Crippen LogP contribution in [0, 0.1) is 27.7 Å². The number of rotatable bonds is 5. The van der Waals surface area contributed by atoms with Gasteiger partial charge in [0.25, 0.3) is 0 Å². The molecule has 0 saturated carbocycles. The molecule has 1 aromatic carbocycles. The third kappa shape index (κ3) is 4.33. The predicted molar refractivity (Wildman–Crippen MR) is 125 cm³/mol. The predicted octanol–water partition coefficient (Wildman–Crippen LogP) is 2.70. The van der Waals surface area contributed by atoms with E-state index in [1.54, 1.807) is 29.9 Å². The van der Waals surface area contributed by atoms with E-state index < -0.39 is 10.0 Å². The Hall–Kier alpha value is -2.98. The Morgan fingerprint density at radius 3 is 2.19 bits per heavy atom. The van der Waals surface area contributed by atoms with Gasteiger partial charge >= 0.3 is 0 Å². The molecule has 0 bridgehead atoms. The van der Waals surface area contributed by atoms with Crippen LogP contribution in [-0.4, -0.2) is 58.7 Å². The summed E-state index contributed by atoms with van der Waals surface area (Å²) in [5.41, 5.74) is 3.34. The van der Waals surface area contributed by atoms with Crippen molar-refractivity contribution >= 4 is 27.3 Å². The van der Waals surface area contributed by atoms with Gasteiger partial charge in [0.15, 0.2) is 0 Å². The second kappa shape index (κ2) is 8.51. The lowest BCUT2D eigenvalue weighted by molar-refractivity contribution is 0.383. The summed E-state index contributed by atoms with van der Waals surface area (Å²) in [6.45, 7) is 9.32. The molecule has 1 aliphatic heterocycles. The number of aryl methyl sites for hydroxylation is 4. The zero-order valence-corrected chi connectivity index (χ0v) is 19.9. The van der Waals surface area contributed by atoms with Crippen molar-refractivity contribution in [1.82, 2.24) is 24.1 Å². The first kappa shape index (κ1) is 22.2. The van der Waals surface area contributed by atoms with Crippen molar-refractivity contribution in [2.45, 2.75) is 32.6 Å². The first-order valence-corrected chi connectivity index (χ1v) is 12.0. The highest BCUT2D eigenvalue weighted by Crippen LogP contribution is 2.26. The van der Waals surface area contributed by atoms with E-state index in [2.05, 4.69) is 25.3 Å². The third-order valence-corrected chi connectivity index (χ3v) is 7.90. The monoisotopic (exact) mass is 455 g/mol. The number of nitrogens with zero attached hydrogens (tertiary/aromatic N) is 6. The number of hydrogen-bond donors (Lipinski definition) is 1. The van der Waals surface area contributed by atoms with Gasteiger partial charge in [-0.25, -0.2) is 18.4 Å². The van der Waals surface area contributed by atoms with Crippen LogP contribution in [0.2, 0.25) is 0 Å². The molecule has 3 aromatic rings. The maximum absolute atomic E-state index is 13.2. The summed E-state index contributed by atoms with van der Waals surface area (Å²) in [6, 6.07) is 10.0. The van der Waals surface area contributed by atoms with Gasteiger partial charge in [0, 0.05) is 45.0 Å². The van der Waals surface area contributed by atoms with E-state index in [9.17, 15) is 8.42 Å². The molecule has 0 atom stereocenters. The Morgan fingerprint density at radius 1 is 0.938 bits per heavy atom. The molecule has 1 fully saturated rings. The summed E-state index contributed by atoms with van der Waals surface area (Å²) < 4.78 is 29.6. The summed E-state index contributed by atoms with van der Waals surface area (Å²) in [5, 5.41) is 7.60. The molecule has 2 aromatic heterocycles. The number of aromatic nitrogens is 4. The van der Waals surface area contributed by atoms with Crippen molar-refractivity contribution in [1.29, 1.82) is 0 Å². The number of sulfonamides is 1. The molecular weight excluding hydrogens is 426 g/mol. The molecule has 0 radical (unpaired) electrons. The SMILES string of the molecule is Cc1ccc(Nc2cc(N3CCN(S(=O)(=O)c4c(C)nn(C)c4C)CC3)nc(C)n2)cc1. The zero-order valence-electron chi connectivity index (χ0n) is 19.1. The fourth-order valence-electron chi connectivity index (χ4n) is 3.98. The van der Waals surface area contributed by atoms with E-state index in [1.807, 2.05) is 44.2 Å². The molecule has 9 nitrogen and oxygen atoms in total. The highest BCUT2D eigenvalue weighted by molar-refractivity contribution is 7.89. The molecule has 0 aliphatic carbocycles. The van der Waals surface area contributed by atoms with E-state index in [4.69, 9.17) is 0 Å². The molecule has 1 saturated heterocycles. The maximum Gasteiger partial charge on any atom is 0.246 e. The molecule has 170 valence electrons. The Morgan fingerprint density at radius 2 is 1.59 bits per heavy atom. The van der Waals surface area contributed by atoms with Crippen molar-refractivity contribution in [3.05, 3.63) is 53.1 Å². The lowest BCUT2D eigenvalue weighted by Crippen LogP contribution is -2.49. The van der Waals surface area contributed by atoms with Crippen LogP contribution in [0.15, 0.2) is 35.2 Å². The van der Waals surface area contributed by atoms with Crippen LogP contribution in [0.1, 0.15) is 22.8 Å². The van der Waals surface area contributed by atoms with Crippen molar-refractivity contribution < 1.29 is 8.42 Å². The van der Waals surface area contributed by atoms with Gasteiger partial charge in [-0.3, -0.25) is 4.68 Å². The lowest BCUT2D eigenvalue weighted by Gasteiger charge is -2.34. The van der Waals surface area contributed by atoms with Crippen LogP contribution >= 0.6 is 0 Å². The lowest BCUT2D eigenvalue weighted by atomic mass is 10.2. The fraction of sp³-hybridized carbons (Fsp3) is 0.409. The van der Waals surface area contributed by atoms with Crippen LogP contribution in [0.4, 0.5) is 17.3 Å². The minimum atomic E-state index is -3.59. The highest BCUT2D eigenvalue weighted by atomic mass is 32.2. The molecule has 1 aliphatic rings. The van der Waals surface area contributed by atoms with E-state index in [0.29, 0.717) is 54.1 Å². The molecule has 0 unspecified atom stereocenters. The summed E-state index contributed by atoms with van der Waals surface area (Å²) >= 11 is 0. The molecule has 4 rings (SSSR count). The summed E-state index contributed by atoms with van der Waals surface area (Å²) in [5.74, 6) is 2.17. The number of nitrogens with one attached hydrogen (secondary N) is 1. The van der Waals surface area contributed by atoms with Crippen molar-refractivity contribution in [2.24, 2.45) is 7.05 Å². The van der Waals surface area contributed by atoms with Gasteiger partial charge < -0.3 is 10.2 Å². The summed E-state index contributed by atoms with van der Waals surface area (Å²) in [6.07, 6.45) is 0. The summed E-state index contributed by atoms with van der Waals surface area (Å²) in [4.78, 5) is 11.5. The zero-order chi connectivity index (χ0) is 23.0. The van der Waals surface area contributed by atoms with Crippen LogP contribution in [0.25, 0.3) is 0 Å². The molecule has 0 spiro atoms. The van der Waals surface area contributed by atoms with Gasteiger partial charge in [-0.1, -0.05) is 17.7 Å². The van der Waals surface area contributed by atoms with Gasteiger partial charge in [-0.15, -0.1) is 0 Å². The van der Waals surface area contributed by atoms with Crippen LogP contribution in [0.3, 0.4) is 0 Å². The Kier molecular flexibility index (Phi) is 5.91. The molecule has 32 heavy (non-hydrogen) atoms. The van der Waals surface area contributed by atoms with Crippen molar-refractivity contribution in [3.63, 3.8) is 0 Å². The largest absolute Gasteiger partial charge is 0.354 e. The van der Waals surface area contributed by atoms with Gasteiger partial charge in [0.1, 0.15) is 22.4 Å². The van der Waals surface area contributed by atoms with E-state index in [-0.39, 0.29) is 0 Å². The average molecular weight is 456 g/mol. The molecule has 0 amide bonds. The van der Waals surface area contributed by atoms with Gasteiger partial charge in [0.05, 0.1) is 11.4 Å². The van der Waals surface area contributed by atoms with Crippen molar-refractivity contribution in [2.75, 3.05) is 36.4 Å². The Labute approximate surface area is 189 Å². The Bertz CT molecular complexity index is 1230. The van der Waals surface area contributed by atoms with Gasteiger partial charge in [-0.2, -0.15) is 9.40 Å². The topological polar surface area (TPSA) is 96.2 Å². The minimum Gasteiger partial charge on any atom is -0.354 e.